The predicted molar refractivity (Wildman–Crippen MR) is 25.6 cm³/mol. The van der Waals surface area contributed by atoms with Crippen molar-refractivity contribution >= 4 is 0 Å². The van der Waals surface area contributed by atoms with E-state index in [0.717, 1.165) is 5.41 Å². The third-order valence-corrected chi connectivity index (χ3v) is 4.25. The molecule has 36 valence electrons. The summed E-state index contributed by atoms with van der Waals surface area (Å²) in [5.41, 5.74) is 1.09. The van der Waals surface area contributed by atoms with Crippen molar-refractivity contribution in [3.8, 4) is 0 Å². The number of fused-ring (bicyclic) bond motifs is 1. The van der Waals surface area contributed by atoms with Crippen molar-refractivity contribution in [1.29, 1.82) is 0 Å². The topological polar surface area (TPSA) is 0 Å². The molecule has 2 atom stereocenters. The molecule has 6 rings (SSSR count). The molecule has 4 bridgehead atoms. The maximum absolute atomic E-state index is 1.64. The fraction of sp³-hybridized carbons (Fsp3) is 1.00. The van der Waals surface area contributed by atoms with Crippen LogP contribution in [0.3, 0.4) is 0 Å². The number of hydrogen-bond donors (Lipinski definition) is 0. The van der Waals surface area contributed by atoms with Crippen LogP contribution in [0.2, 0.25) is 0 Å². The van der Waals surface area contributed by atoms with Gasteiger partial charge >= 0.3 is 0 Å². The van der Waals surface area contributed by atoms with Gasteiger partial charge in [-0.2, -0.15) is 0 Å². The van der Waals surface area contributed by atoms with Gasteiger partial charge in [0, 0.05) is 0 Å². The second kappa shape index (κ2) is 0.375. The van der Waals surface area contributed by atoms with Crippen LogP contribution in [0.1, 0.15) is 12.8 Å². The quantitative estimate of drug-likeness (QED) is 0.422. The molecule has 0 aromatic heterocycles. The largest absolute Gasteiger partial charge is 0.0493 e. The summed E-state index contributed by atoms with van der Waals surface area (Å²) in [5, 5.41) is 0. The highest BCUT2D eigenvalue weighted by Gasteiger charge is 3.01. The van der Waals surface area contributed by atoms with Crippen LogP contribution >= 0.6 is 0 Å². The standard InChI is InChI=1S/C7H8/c1-2-7-4-3(1)5(7)6(4)7/h3-6H,1-2H2. The first-order valence-electron chi connectivity index (χ1n) is 3.46. The molecule has 0 heteroatoms. The van der Waals surface area contributed by atoms with Crippen LogP contribution in [0, 0.1) is 29.1 Å². The van der Waals surface area contributed by atoms with Crippen molar-refractivity contribution in [1.82, 2.24) is 0 Å². The van der Waals surface area contributed by atoms with Gasteiger partial charge in [-0.25, -0.2) is 0 Å². The van der Waals surface area contributed by atoms with Gasteiger partial charge in [0.05, 0.1) is 0 Å². The Morgan fingerprint density at radius 2 is 2.00 bits per heavy atom. The van der Waals surface area contributed by atoms with Gasteiger partial charge in [0.2, 0.25) is 0 Å². The maximum atomic E-state index is 1.64. The van der Waals surface area contributed by atoms with Crippen LogP contribution in [0.5, 0.6) is 0 Å². The average Bonchev–Trinajstić information content (AvgIpc) is 2.18. The lowest BCUT2D eigenvalue weighted by Gasteiger charge is -2.32. The molecule has 0 heterocycles. The highest BCUT2D eigenvalue weighted by atomic mass is 15.0. The van der Waals surface area contributed by atoms with Crippen molar-refractivity contribution in [3.63, 3.8) is 0 Å². The molecule has 0 aromatic carbocycles. The van der Waals surface area contributed by atoms with Crippen molar-refractivity contribution in [2.45, 2.75) is 12.8 Å². The van der Waals surface area contributed by atoms with Gasteiger partial charge in [0.25, 0.3) is 0 Å². The maximum Gasteiger partial charge on any atom is -0.0195 e. The van der Waals surface area contributed by atoms with Crippen LogP contribution in [0.15, 0.2) is 0 Å². The smallest absolute Gasteiger partial charge is 0.0195 e. The summed E-state index contributed by atoms with van der Waals surface area (Å²) in [6, 6.07) is 0. The summed E-state index contributed by atoms with van der Waals surface area (Å²) >= 11 is 0. The molecule has 7 heavy (non-hydrogen) atoms. The Bertz CT molecular complexity index is 159. The molecule has 1 spiro atoms. The molecule has 0 aromatic rings. The summed E-state index contributed by atoms with van der Waals surface area (Å²) in [4.78, 5) is 0. The van der Waals surface area contributed by atoms with Gasteiger partial charge in [-0.3, -0.25) is 0 Å². The average molecular weight is 92.1 g/mol. The van der Waals surface area contributed by atoms with E-state index in [1.54, 1.807) is 12.8 Å². The molecule has 0 N–H and O–H groups in total. The zero-order chi connectivity index (χ0) is 4.22. The van der Waals surface area contributed by atoms with E-state index in [-0.39, 0.29) is 0 Å². The lowest BCUT2D eigenvalue weighted by atomic mass is 9.72. The van der Waals surface area contributed by atoms with Crippen molar-refractivity contribution in [3.05, 3.63) is 0 Å². The highest BCUT2D eigenvalue weighted by Crippen LogP contribution is 3.05. The summed E-state index contributed by atoms with van der Waals surface area (Å²) < 4.78 is 0. The minimum Gasteiger partial charge on any atom is -0.0493 e. The zero-order valence-electron chi connectivity index (χ0n) is 4.22. The summed E-state index contributed by atoms with van der Waals surface area (Å²) in [6.45, 7) is 0. The van der Waals surface area contributed by atoms with Gasteiger partial charge in [0.15, 0.2) is 0 Å². The van der Waals surface area contributed by atoms with E-state index in [4.69, 9.17) is 0 Å². The van der Waals surface area contributed by atoms with Crippen LogP contribution in [0.4, 0.5) is 0 Å². The molecule has 0 amide bonds. The molecular formula is C7H8. The SMILES string of the molecule is C1CC23C4C1C2C43. The monoisotopic (exact) mass is 92.1 g/mol. The Morgan fingerprint density at radius 1 is 1.14 bits per heavy atom. The molecule has 0 aliphatic heterocycles. The molecule has 6 saturated carbocycles. The van der Waals surface area contributed by atoms with Gasteiger partial charge in [-0.05, 0) is 41.9 Å². The Hall–Kier alpha value is 0. The highest BCUT2D eigenvalue weighted by molar-refractivity contribution is 5.48. The third kappa shape index (κ3) is 0.0741. The number of rotatable bonds is 0. The van der Waals surface area contributed by atoms with Crippen molar-refractivity contribution in [2.24, 2.45) is 29.1 Å². The van der Waals surface area contributed by atoms with Crippen molar-refractivity contribution < 1.29 is 0 Å². The first kappa shape index (κ1) is 2.52. The van der Waals surface area contributed by atoms with Crippen molar-refractivity contribution in [2.75, 3.05) is 0 Å². The van der Waals surface area contributed by atoms with E-state index in [2.05, 4.69) is 0 Å². The molecular weight excluding hydrogens is 84.1 g/mol. The molecule has 0 nitrogen and oxygen atoms in total. The fourth-order valence-corrected chi connectivity index (χ4v) is 3.93. The van der Waals surface area contributed by atoms with Crippen LogP contribution in [-0.2, 0) is 0 Å². The molecule has 6 aliphatic rings. The van der Waals surface area contributed by atoms with Gasteiger partial charge in [-0.1, -0.05) is 0 Å². The van der Waals surface area contributed by atoms with E-state index < -0.39 is 0 Å². The second-order valence-electron chi connectivity index (χ2n) is 3.89. The zero-order valence-corrected chi connectivity index (χ0v) is 4.22. The first-order valence-corrected chi connectivity index (χ1v) is 3.46. The molecule has 6 fully saturated rings. The normalized spacial score (nSPS) is 96.0. The Balaban J connectivity index is 2.18. The third-order valence-electron chi connectivity index (χ3n) is 4.25. The van der Waals surface area contributed by atoms with Crippen LogP contribution < -0.4 is 0 Å². The first-order chi connectivity index (χ1) is 3.46. The van der Waals surface area contributed by atoms with E-state index in [1.807, 2.05) is 0 Å². The summed E-state index contributed by atoms with van der Waals surface area (Å²) in [7, 11) is 0. The molecule has 2 unspecified atom stereocenters. The molecule has 0 radical (unpaired) electrons. The fourth-order valence-electron chi connectivity index (χ4n) is 3.93. The summed E-state index contributed by atoms with van der Waals surface area (Å²) in [6.07, 6.45) is 3.25. The van der Waals surface area contributed by atoms with Crippen LogP contribution in [0.25, 0.3) is 0 Å². The number of hydrogen-bond acceptors (Lipinski definition) is 0. The lowest BCUT2D eigenvalue weighted by Crippen LogP contribution is -2.29. The Kier molecular flexibility index (Phi) is 0.135. The van der Waals surface area contributed by atoms with Gasteiger partial charge in [0.1, 0.15) is 0 Å². The van der Waals surface area contributed by atoms with Gasteiger partial charge < -0.3 is 0 Å². The molecule has 0 saturated heterocycles. The Labute approximate surface area is 42.9 Å². The van der Waals surface area contributed by atoms with E-state index >= 15 is 0 Å². The van der Waals surface area contributed by atoms with E-state index in [1.165, 1.54) is 23.7 Å². The molecule has 6 aliphatic carbocycles. The van der Waals surface area contributed by atoms with Crippen LogP contribution in [-0.4, -0.2) is 0 Å². The lowest BCUT2D eigenvalue weighted by molar-refractivity contribution is 0.141. The minimum absolute atomic E-state index is 1.09. The Morgan fingerprint density at radius 3 is 2.14 bits per heavy atom. The summed E-state index contributed by atoms with van der Waals surface area (Å²) in [5.74, 6) is 5.24. The van der Waals surface area contributed by atoms with E-state index in [0.29, 0.717) is 0 Å². The van der Waals surface area contributed by atoms with E-state index in [9.17, 15) is 0 Å². The minimum atomic E-state index is 1.09. The van der Waals surface area contributed by atoms with Gasteiger partial charge in [-0.15, -0.1) is 0 Å². The second-order valence-corrected chi connectivity index (χ2v) is 3.89. The predicted octanol–water partition coefficient (Wildman–Crippen LogP) is 1.27.